The van der Waals surface area contributed by atoms with Crippen LogP contribution in [-0.4, -0.2) is 18.4 Å². The smallest absolute Gasteiger partial charge is 0.264 e. The van der Waals surface area contributed by atoms with Gasteiger partial charge in [0.25, 0.3) is 10.0 Å². The van der Waals surface area contributed by atoms with Crippen molar-refractivity contribution in [2.45, 2.75) is 4.90 Å². The Labute approximate surface area is 114 Å². The molecule has 0 bridgehead atoms. The summed E-state index contributed by atoms with van der Waals surface area (Å²) >= 11 is 5.78. The number of rotatable bonds is 4. The number of nitrogens with zero attached hydrogens (tertiary/aromatic N) is 2. The molecule has 19 heavy (non-hydrogen) atoms. The second-order valence-electron chi connectivity index (χ2n) is 3.50. The van der Waals surface area contributed by atoms with E-state index in [1.165, 1.54) is 6.07 Å². The van der Waals surface area contributed by atoms with Gasteiger partial charge in [-0.25, -0.2) is 24.2 Å². The molecule has 0 fully saturated rings. The first kappa shape index (κ1) is 13.5. The van der Waals surface area contributed by atoms with E-state index in [4.69, 9.17) is 17.4 Å². The van der Waals surface area contributed by atoms with E-state index in [0.29, 0.717) is 10.7 Å². The lowest BCUT2D eigenvalue weighted by molar-refractivity contribution is 0.600. The van der Waals surface area contributed by atoms with Crippen molar-refractivity contribution in [1.29, 1.82) is 0 Å². The molecule has 0 saturated heterocycles. The molecule has 100 valence electrons. The lowest BCUT2D eigenvalue weighted by Crippen LogP contribution is -2.15. The molecule has 1 aromatic carbocycles. The van der Waals surface area contributed by atoms with E-state index in [-0.39, 0.29) is 10.8 Å². The molecule has 0 atom stereocenters. The number of hydrogen-bond donors (Lipinski definition) is 3. The molecule has 0 amide bonds. The van der Waals surface area contributed by atoms with Crippen molar-refractivity contribution in [2.24, 2.45) is 5.84 Å². The summed E-state index contributed by atoms with van der Waals surface area (Å²) in [6.07, 6.45) is 2.30. The van der Waals surface area contributed by atoms with Crippen LogP contribution in [0, 0.1) is 0 Å². The maximum atomic E-state index is 12.0. The topological polar surface area (TPSA) is 110 Å². The molecule has 0 saturated carbocycles. The molecule has 0 unspecified atom stereocenters. The average molecular weight is 300 g/mol. The third-order valence-electron chi connectivity index (χ3n) is 2.14. The van der Waals surface area contributed by atoms with Gasteiger partial charge in [0.2, 0.25) is 5.95 Å². The SMILES string of the molecule is NNc1ncc(S(=O)(=O)Nc2cccc(Cl)c2)cn1. The maximum absolute atomic E-state index is 12.0. The number of benzene rings is 1. The van der Waals surface area contributed by atoms with Gasteiger partial charge in [-0.1, -0.05) is 17.7 Å². The number of hydrogen-bond acceptors (Lipinski definition) is 6. The molecule has 0 radical (unpaired) electrons. The minimum absolute atomic E-state index is 0.0773. The Morgan fingerprint density at radius 2 is 1.89 bits per heavy atom. The van der Waals surface area contributed by atoms with Crippen LogP contribution in [0.5, 0.6) is 0 Å². The van der Waals surface area contributed by atoms with Gasteiger partial charge in [-0.3, -0.25) is 10.1 Å². The summed E-state index contributed by atoms with van der Waals surface area (Å²) in [7, 11) is -3.76. The number of nitrogen functional groups attached to an aromatic ring is 1. The zero-order valence-electron chi connectivity index (χ0n) is 9.54. The van der Waals surface area contributed by atoms with E-state index < -0.39 is 10.0 Å². The van der Waals surface area contributed by atoms with Crippen LogP contribution in [0.15, 0.2) is 41.6 Å². The van der Waals surface area contributed by atoms with Crippen molar-refractivity contribution in [1.82, 2.24) is 9.97 Å². The largest absolute Gasteiger partial charge is 0.292 e. The molecule has 1 heterocycles. The average Bonchev–Trinajstić information content (AvgIpc) is 2.38. The van der Waals surface area contributed by atoms with E-state index in [1.54, 1.807) is 18.2 Å². The van der Waals surface area contributed by atoms with Crippen LogP contribution in [0.25, 0.3) is 0 Å². The Kier molecular flexibility index (Phi) is 3.84. The van der Waals surface area contributed by atoms with Crippen LogP contribution in [-0.2, 0) is 10.0 Å². The number of aromatic nitrogens is 2. The van der Waals surface area contributed by atoms with Gasteiger partial charge < -0.3 is 0 Å². The zero-order chi connectivity index (χ0) is 13.9. The molecule has 2 aromatic rings. The first-order valence-corrected chi connectivity index (χ1v) is 6.94. The summed E-state index contributed by atoms with van der Waals surface area (Å²) in [5.74, 6) is 5.22. The van der Waals surface area contributed by atoms with Gasteiger partial charge in [0.1, 0.15) is 4.90 Å². The Balaban J connectivity index is 2.27. The van der Waals surface area contributed by atoms with Gasteiger partial charge in [-0.2, -0.15) is 0 Å². The van der Waals surface area contributed by atoms with Gasteiger partial charge >= 0.3 is 0 Å². The summed E-state index contributed by atoms with van der Waals surface area (Å²) < 4.78 is 26.4. The normalized spacial score (nSPS) is 11.1. The van der Waals surface area contributed by atoms with Gasteiger partial charge in [0.15, 0.2) is 0 Å². The number of sulfonamides is 1. The summed E-state index contributed by atoms with van der Waals surface area (Å²) in [4.78, 5) is 7.38. The number of hydrazine groups is 1. The molecular formula is C10H10ClN5O2S. The van der Waals surface area contributed by atoms with Gasteiger partial charge in [-0.15, -0.1) is 0 Å². The van der Waals surface area contributed by atoms with E-state index in [1.807, 2.05) is 0 Å². The minimum atomic E-state index is -3.76. The fourth-order valence-corrected chi connectivity index (χ4v) is 2.42. The molecule has 0 aliphatic heterocycles. The van der Waals surface area contributed by atoms with Gasteiger partial charge in [-0.05, 0) is 18.2 Å². The molecule has 7 nitrogen and oxygen atoms in total. The van der Waals surface area contributed by atoms with Crippen molar-refractivity contribution < 1.29 is 8.42 Å². The van der Waals surface area contributed by atoms with E-state index in [2.05, 4.69) is 20.1 Å². The fraction of sp³-hybridized carbons (Fsp3) is 0. The summed E-state index contributed by atoms with van der Waals surface area (Å²) in [6.45, 7) is 0. The van der Waals surface area contributed by atoms with Gasteiger partial charge in [0, 0.05) is 5.02 Å². The van der Waals surface area contributed by atoms with Gasteiger partial charge in [0.05, 0.1) is 18.1 Å². The lowest BCUT2D eigenvalue weighted by atomic mass is 10.3. The number of nitrogens with two attached hydrogens (primary N) is 1. The Bertz CT molecular complexity index is 675. The van der Waals surface area contributed by atoms with Crippen LogP contribution in [0.1, 0.15) is 0 Å². The predicted molar refractivity (Wildman–Crippen MR) is 72.1 cm³/mol. The number of halogens is 1. The highest BCUT2D eigenvalue weighted by Gasteiger charge is 2.15. The monoisotopic (exact) mass is 299 g/mol. The lowest BCUT2D eigenvalue weighted by Gasteiger charge is -2.08. The minimum Gasteiger partial charge on any atom is -0.292 e. The molecule has 1 aromatic heterocycles. The van der Waals surface area contributed by atoms with E-state index in [9.17, 15) is 8.42 Å². The molecule has 4 N–H and O–H groups in total. The second-order valence-corrected chi connectivity index (χ2v) is 5.62. The van der Waals surface area contributed by atoms with Crippen LogP contribution in [0.3, 0.4) is 0 Å². The molecule has 9 heteroatoms. The molecule has 0 aliphatic carbocycles. The van der Waals surface area contributed by atoms with Crippen LogP contribution in [0.2, 0.25) is 5.02 Å². The summed E-state index contributed by atoms with van der Waals surface area (Å²) in [6, 6.07) is 6.36. The standard InChI is InChI=1S/C10H10ClN5O2S/c11-7-2-1-3-8(4-7)16-19(17,18)9-5-13-10(15-12)14-6-9/h1-6,16H,12H2,(H,13,14,15). The molecule has 0 aliphatic rings. The van der Waals surface area contributed by atoms with Crippen LogP contribution < -0.4 is 16.0 Å². The summed E-state index contributed by atoms with van der Waals surface area (Å²) in [5, 5.41) is 0.430. The third kappa shape index (κ3) is 3.31. The fourth-order valence-electron chi connectivity index (χ4n) is 1.30. The van der Waals surface area contributed by atoms with Crippen molar-refractivity contribution in [3.05, 3.63) is 41.7 Å². The predicted octanol–water partition coefficient (Wildman–Crippen LogP) is 1.22. The molecular weight excluding hydrogens is 290 g/mol. The second kappa shape index (κ2) is 5.39. The Morgan fingerprint density at radius 1 is 1.21 bits per heavy atom. The van der Waals surface area contributed by atoms with Crippen molar-refractivity contribution in [3.63, 3.8) is 0 Å². The van der Waals surface area contributed by atoms with Crippen LogP contribution in [0.4, 0.5) is 11.6 Å². The maximum Gasteiger partial charge on any atom is 0.264 e. The van der Waals surface area contributed by atoms with Crippen molar-refractivity contribution >= 4 is 33.3 Å². The molecule has 2 rings (SSSR count). The zero-order valence-corrected chi connectivity index (χ0v) is 11.1. The number of anilines is 2. The van der Waals surface area contributed by atoms with Crippen molar-refractivity contribution in [3.8, 4) is 0 Å². The summed E-state index contributed by atoms with van der Waals surface area (Å²) in [5.41, 5.74) is 2.56. The highest BCUT2D eigenvalue weighted by atomic mass is 35.5. The van der Waals surface area contributed by atoms with E-state index >= 15 is 0 Å². The molecule has 0 spiro atoms. The quantitative estimate of drug-likeness (QED) is 0.578. The first-order chi connectivity index (χ1) is 9.01. The van der Waals surface area contributed by atoms with E-state index in [0.717, 1.165) is 12.4 Å². The Hall–Kier alpha value is -1.90. The highest BCUT2D eigenvalue weighted by Crippen LogP contribution is 2.18. The van der Waals surface area contributed by atoms with Crippen molar-refractivity contribution in [2.75, 3.05) is 10.1 Å². The van der Waals surface area contributed by atoms with Crippen LogP contribution >= 0.6 is 11.6 Å². The first-order valence-electron chi connectivity index (χ1n) is 5.08. The third-order valence-corrected chi connectivity index (χ3v) is 3.72. The highest BCUT2D eigenvalue weighted by molar-refractivity contribution is 7.92. The Morgan fingerprint density at radius 3 is 2.47 bits per heavy atom. The number of nitrogens with one attached hydrogen (secondary N) is 2.